The molecule has 1 amide bonds. The van der Waals surface area contributed by atoms with Crippen molar-refractivity contribution in [1.82, 2.24) is 20.5 Å². The largest absolute Gasteiger partial charge is 0.316 e. The van der Waals surface area contributed by atoms with E-state index in [-0.39, 0.29) is 36.6 Å². The van der Waals surface area contributed by atoms with E-state index < -0.39 is 0 Å². The first-order chi connectivity index (χ1) is 9.33. The van der Waals surface area contributed by atoms with Gasteiger partial charge < -0.3 is 10.6 Å². The van der Waals surface area contributed by atoms with Gasteiger partial charge >= 0.3 is 0 Å². The Kier molecular flexibility index (Phi) is 6.97. The molecule has 0 radical (unpaired) electrons. The van der Waals surface area contributed by atoms with E-state index in [1.54, 1.807) is 6.20 Å². The van der Waals surface area contributed by atoms with Gasteiger partial charge in [0.15, 0.2) is 5.01 Å². The van der Waals surface area contributed by atoms with Crippen molar-refractivity contribution >= 4 is 47.2 Å². The number of halogens is 2. The molecule has 6 nitrogen and oxygen atoms in total. The van der Waals surface area contributed by atoms with Crippen molar-refractivity contribution < 1.29 is 4.79 Å². The van der Waals surface area contributed by atoms with Gasteiger partial charge in [0.25, 0.3) is 0 Å². The third kappa shape index (κ3) is 4.34. The number of hydrogen-bond donors (Lipinski definition) is 2. The number of carbonyl (C=O) groups is 1. The van der Waals surface area contributed by atoms with Crippen LogP contribution in [0.3, 0.4) is 0 Å². The quantitative estimate of drug-likeness (QED) is 0.887. The summed E-state index contributed by atoms with van der Waals surface area (Å²) in [4.78, 5) is 16.1. The first kappa shape index (κ1) is 17.8. The van der Waals surface area contributed by atoms with Crippen molar-refractivity contribution in [2.24, 2.45) is 5.92 Å². The second-order valence-electron chi connectivity index (χ2n) is 4.31. The number of rotatable bonds is 3. The maximum atomic E-state index is 11.9. The number of anilines is 1. The fourth-order valence-corrected chi connectivity index (χ4v) is 2.68. The van der Waals surface area contributed by atoms with E-state index in [1.807, 2.05) is 18.2 Å². The summed E-state index contributed by atoms with van der Waals surface area (Å²) >= 11 is 1.34. The van der Waals surface area contributed by atoms with Gasteiger partial charge in [-0.05, 0) is 25.1 Å². The molecular formula is C12H15Cl2N5OS. The first-order valence-corrected chi connectivity index (χ1v) is 6.91. The highest BCUT2D eigenvalue weighted by molar-refractivity contribution is 7.18. The lowest BCUT2D eigenvalue weighted by atomic mass is 10.1. The first-order valence-electron chi connectivity index (χ1n) is 6.09. The molecule has 0 aromatic carbocycles. The molecule has 114 valence electrons. The van der Waals surface area contributed by atoms with Crippen LogP contribution in [0.2, 0.25) is 0 Å². The smallest absolute Gasteiger partial charge is 0.230 e. The molecule has 9 heteroatoms. The molecule has 1 saturated heterocycles. The molecule has 0 aliphatic carbocycles. The maximum Gasteiger partial charge on any atom is 0.230 e. The van der Waals surface area contributed by atoms with E-state index in [1.165, 1.54) is 11.3 Å². The van der Waals surface area contributed by atoms with Crippen LogP contribution < -0.4 is 10.6 Å². The van der Waals surface area contributed by atoms with Crippen molar-refractivity contribution in [3.05, 3.63) is 24.4 Å². The molecule has 1 atom stereocenters. The zero-order valence-electron chi connectivity index (χ0n) is 11.0. The zero-order valence-corrected chi connectivity index (χ0v) is 13.4. The highest BCUT2D eigenvalue weighted by Gasteiger charge is 2.23. The van der Waals surface area contributed by atoms with Gasteiger partial charge in [0.05, 0.1) is 5.92 Å². The predicted octanol–water partition coefficient (Wildman–Crippen LogP) is 1.99. The third-order valence-corrected chi connectivity index (χ3v) is 3.83. The summed E-state index contributed by atoms with van der Waals surface area (Å²) in [6, 6.07) is 5.61. The van der Waals surface area contributed by atoms with Crippen LogP contribution in [0.5, 0.6) is 0 Å². The van der Waals surface area contributed by atoms with E-state index in [0.29, 0.717) is 10.1 Å². The molecule has 0 saturated carbocycles. The zero-order chi connectivity index (χ0) is 13.1. The third-order valence-electron chi connectivity index (χ3n) is 2.97. The Morgan fingerprint density at radius 2 is 2.19 bits per heavy atom. The fraction of sp³-hybridized carbons (Fsp3) is 0.333. The van der Waals surface area contributed by atoms with Crippen LogP contribution in [0.25, 0.3) is 10.7 Å². The monoisotopic (exact) mass is 347 g/mol. The van der Waals surface area contributed by atoms with Crippen molar-refractivity contribution in [3.63, 3.8) is 0 Å². The summed E-state index contributed by atoms with van der Waals surface area (Å²) in [5, 5.41) is 15.2. The molecule has 1 unspecified atom stereocenters. The molecular weight excluding hydrogens is 333 g/mol. The number of nitrogens with one attached hydrogen (secondary N) is 2. The average Bonchev–Trinajstić information content (AvgIpc) is 3.11. The van der Waals surface area contributed by atoms with Crippen LogP contribution in [0.15, 0.2) is 24.4 Å². The molecule has 2 aromatic heterocycles. The lowest BCUT2D eigenvalue weighted by Crippen LogP contribution is -2.24. The molecule has 3 rings (SSSR count). The molecule has 1 aliphatic heterocycles. The van der Waals surface area contributed by atoms with Crippen LogP contribution in [0.1, 0.15) is 6.42 Å². The standard InChI is InChI=1S/C12H13N5OS.2ClH/c18-10(8-4-6-13-7-8)15-12-17-16-11(19-12)9-3-1-2-5-14-9;;/h1-3,5,8,13H,4,6-7H2,(H,15,17,18);2*1H. The Labute approximate surface area is 138 Å². The van der Waals surface area contributed by atoms with E-state index in [0.717, 1.165) is 25.2 Å². The van der Waals surface area contributed by atoms with Crippen LogP contribution in [0.4, 0.5) is 5.13 Å². The second kappa shape index (κ2) is 8.23. The van der Waals surface area contributed by atoms with E-state index in [4.69, 9.17) is 0 Å². The normalized spacial score (nSPS) is 16.7. The Bertz CT molecular complexity index is 574. The highest BCUT2D eigenvalue weighted by atomic mass is 35.5. The number of carbonyl (C=O) groups excluding carboxylic acids is 1. The topological polar surface area (TPSA) is 79.8 Å². The van der Waals surface area contributed by atoms with Gasteiger partial charge in [0.2, 0.25) is 11.0 Å². The Morgan fingerprint density at radius 1 is 1.33 bits per heavy atom. The van der Waals surface area contributed by atoms with Gasteiger partial charge in [0, 0.05) is 12.7 Å². The second-order valence-corrected chi connectivity index (χ2v) is 5.28. The molecule has 2 aromatic rings. The van der Waals surface area contributed by atoms with E-state index in [2.05, 4.69) is 25.8 Å². The molecule has 1 fully saturated rings. The van der Waals surface area contributed by atoms with Crippen LogP contribution in [0, 0.1) is 5.92 Å². The van der Waals surface area contributed by atoms with Gasteiger partial charge in [-0.2, -0.15) is 0 Å². The number of hydrogen-bond acceptors (Lipinski definition) is 6. The summed E-state index contributed by atoms with van der Waals surface area (Å²) < 4.78 is 0. The number of amides is 1. The molecule has 21 heavy (non-hydrogen) atoms. The lowest BCUT2D eigenvalue weighted by Gasteiger charge is -2.05. The van der Waals surface area contributed by atoms with Gasteiger partial charge in [0.1, 0.15) is 5.69 Å². The predicted molar refractivity (Wildman–Crippen MR) is 87.2 cm³/mol. The van der Waals surface area contributed by atoms with Crippen LogP contribution >= 0.6 is 36.2 Å². The lowest BCUT2D eigenvalue weighted by molar-refractivity contribution is -0.119. The minimum absolute atomic E-state index is 0. The van der Waals surface area contributed by atoms with Crippen molar-refractivity contribution in [1.29, 1.82) is 0 Å². The summed E-state index contributed by atoms with van der Waals surface area (Å²) in [6.45, 7) is 1.63. The Morgan fingerprint density at radius 3 is 2.86 bits per heavy atom. The van der Waals surface area contributed by atoms with Gasteiger partial charge in [-0.3, -0.25) is 9.78 Å². The molecule has 2 N–H and O–H groups in total. The van der Waals surface area contributed by atoms with E-state index >= 15 is 0 Å². The molecule has 3 heterocycles. The molecule has 0 bridgehead atoms. The number of pyridine rings is 1. The Balaban J connectivity index is 0.00000110. The average molecular weight is 348 g/mol. The van der Waals surface area contributed by atoms with Gasteiger partial charge in [-0.15, -0.1) is 35.0 Å². The molecule has 1 aliphatic rings. The summed E-state index contributed by atoms with van der Waals surface area (Å²) in [6.07, 6.45) is 2.58. The van der Waals surface area contributed by atoms with Crippen molar-refractivity contribution in [2.45, 2.75) is 6.42 Å². The Hall–Kier alpha value is -1.28. The van der Waals surface area contributed by atoms with Crippen LogP contribution in [-0.2, 0) is 4.79 Å². The number of nitrogens with zero attached hydrogens (tertiary/aromatic N) is 3. The summed E-state index contributed by atoms with van der Waals surface area (Å²) in [5.74, 6) is 0.0379. The number of aromatic nitrogens is 3. The van der Waals surface area contributed by atoms with Crippen LogP contribution in [-0.4, -0.2) is 34.2 Å². The molecule has 0 spiro atoms. The summed E-state index contributed by atoms with van der Waals surface area (Å²) in [5.41, 5.74) is 0.767. The minimum Gasteiger partial charge on any atom is -0.316 e. The summed E-state index contributed by atoms with van der Waals surface area (Å²) in [7, 11) is 0. The van der Waals surface area contributed by atoms with Crippen molar-refractivity contribution in [2.75, 3.05) is 18.4 Å². The fourth-order valence-electron chi connectivity index (χ4n) is 1.95. The van der Waals surface area contributed by atoms with Gasteiger partial charge in [-0.25, -0.2) is 0 Å². The maximum absolute atomic E-state index is 11.9. The minimum atomic E-state index is 0. The van der Waals surface area contributed by atoms with E-state index in [9.17, 15) is 4.79 Å². The van der Waals surface area contributed by atoms with Gasteiger partial charge in [-0.1, -0.05) is 17.4 Å². The van der Waals surface area contributed by atoms with Crippen molar-refractivity contribution in [3.8, 4) is 10.7 Å². The SMILES string of the molecule is Cl.Cl.O=C(Nc1nnc(-c2ccccn2)s1)C1CCNC1. The highest BCUT2D eigenvalue weighted by Crippen LogP contribution is 2.25.